The van der Waals surface area contributed by atoms with E-state index in [2.05, 4.69) is 20.6 Å². The van der Waals surface area contributed by atoms with Crippen molar-refractivity contribution in [2.24, 2.45) is 0 Å². The van der Waals surface area contributed by atoms with Gasteiger partial charge in [-0.15, -0.1) is 0 Å². The van der Waals surface area contributed by atoms with E-state index >= 15 is 0 Å². The van der Waals surface area contributed by atoms with E-state index in [-0.39, 0.29) is 5.91 Å². The molecule has 98 valence electrons. The van der Waals surface area contributed by atoms with Crippen LogP contribution in [0.4, 0.5) is 11.5 Å². The Bertz CT molecular complexity index is 547. The third-order valence-electron chi connectivity index (χ3n) is 2.68. The van der Waals surface area contributed by atoms with Gasteiger partial charge in [-0.2, -0.15) is 0 Å². The van der Waals surface area contributed by atoms with Crippen molar-refractivity contribution in [3.8, 4) is 0 Å². The van der Waals surface area contributed by atoms with Crippen LogP contribution in [0.1, 0.15) is 23.0 Å². The highest BCUT2D eigenvalue weighted by Crippen LogP contribution is 2.13. The number of nitrogens with zero attached hydrogens (tertiary/aromatic N) is 2. The fraction of sp³-hybridized carbons (Fsp3) is 0.214. The summed E-state index contributed by atoms with van der Waals surface area (Å²) in [4.78, 5) is 20.5. The molecule has 1 amide bonds. The topological polar surface area (TPSA) is 66.9 Å². The summed E-state index contributed by atoms with van der Waals surface area (Å²) in [7, 11) is 1.78. The number of amides is 1. The maximum absolute atomic E-state index is 12.2. The number of aromatic nitrogens is 2. The van der Waals surface area contributed by atoms with Crippen LogP contribution in [0.25, 0.3) is 0 Å². The van der Waals surface area contributed by atoms with E-state index in [0.29, 0.717) is 17.1 Å². The van der Waals surface area contributed by atoms with Crippen molar-refractivity contribution in [3.63, 3.8) is 0 Å². The Morgan fingerprint density at radius 1 is 1.37 bits per heavy atom. The first-order valence-corrected chi connectivity index (χ1v) is 6.13. The normalized spacial score (nSPS) is 10.0. The van der Waals surface area contributed by atoms with Crippen LogP contribution < -0.4 is 10.6 Å². The monoisotopic (exact) mass is 256 g/mol. The number of pyridine rings is 2. The molecule has 2 rings (SSSR count). The van der Waals surface area contributed by atoms with E-state index in [1.165, 1.54) is 0 Å². The van der Waals surface area contributed by atoms with Gasteiger partial charge in [0.15, 0.2) is 0 Å². The standard InChI is InChI=1S/C14H16N4O/c1-3-11-7-10(8-13(15-2)17-11)14(19)18-12-5-4-6-16-9-12/h4-9H,3H2,1-2H3,(H,15,17)(H,18,19). The van der Waals surface area contributed by atoms with Gasteiger partial charge in [-0.3, -0.25) is 9.78 Å². The molecule has 0 atom stereocenters. The molecule has 2 heterocycles. The van der Waals surface area contributed by atoms with Gasteiger partial charge in [-0.1, -0.05) is 6.92 Å². The van der Waals surface area contributed by atoms with Gasteiger partial charge in [0.1, 0.15) is 5.82 Å². The molecule has 2 aromatic rings. The van der Waals surface area contributed by atoms with Crippen LogP contribution >= 0.6 is 0 Å². The first kappa shape index (κ1) is 13.0. The zero-order chi connectivity index (χ0) is 13.7. The van der Waals surface area contributed by atoms with Crippen molar-refractivity contribution >= 4 is 17.4 Å². The minimum absolute atomic E-state index is 0.165. The molecule has 0 fully saturated rings. The average molecular weight is 256 g/mol. The van der Waals surface area contributed by atoms with Gasteiger partial charge in [0, 0.05) is 24.5 Å². The fourth-order valence-electron chi connectivity index (χ4n) is 1.67. The summed E-state index contributed by atoms with van der Waals surface area (Å²) in [6.45, 7) is 2.00. The van der Waals surface area contributed by atoms with Gasteiger partial charge in [-0.05, 0) is 30.7 Å². The van der Waals surface area contributed by atoms with Crippen molar-refractivity contribution in [1.29, 1.82) is 0 Å². The molecule has 0 bridgehead atoms. The van der Waals surface area contributed by atoms with Crippen LogP contribution in [0.5, 0.6) is 0 Å². The Hall–Kier alpha value is -2.43. The molecule has 0 aliphatic carbocycles. The third kappa shape index (κ3) is 3.28. The van der Waals surface area contributed by atoms with Crippen LogP contribution in [-0.4, -0.2) is 22.9 Å². The van der Waals surface area contributed by atoms with Gasteiger partial charge < -0.3 is 10.6 Å². The smallest absolute Gasteiger partial charge is 0.255 e. The van der Waals surface area contributed by atoms with Crippen LogP contribution in [0.15, 0.2) is 36.7 Å². The van der Waals surface area contributed by atoms with Crippen molar-refractivity contribution in [3.05, 3.63) is 47.9 Å². The highest BCUT2D eigenvalue weighted by molar-refractivity contribution is 6.04. The molecule has 2 aromatic heterocycles. The lowest BCUT2D eigenvalue weighted by molar-refractivity contribution is 0.102. The number of nitrogens with one attached hydrogen (secondary N) is 2. The highest BCUT2D eigenvalue weighted by atomic mass is 16.1. The molecular formula is C14H16N4O. The molecule has 19 heavy (non-hydrogen) atoms. The number of carbonyl (C=O) groups is 1. The molecule has 5 nitrogen and oxygen atoms in total. The second-order valence-corrected chi connectivity index (χ2v) is 4.03. The molecule has 0 saturated heterocycles. The minimum atomic E-state index is -0.165. The van der Waals surface area contributed by atoms with E-state index in [1.54, 1.807) is 43.7 Å². The summed E-state index contributed by atoms with van der Waals surface area (Å²) in [5, 5.41) is 5.76. The number of anilines is 2. The Balaban J connectivity index is 2.23. The van der Waals surface area contributed by atoms with E-state index < -0.39 is 0 Å². The number of carbonyl (C=O) groups excluding carboxylic acids is 1. The van der Waals surface area contributed by atoms with Crippen molar-refractivity contribution in [2.45, 2.75) is 13.3 Å². The van der Waals surface area contributed by atoms with Crippen LogP contribution in [0.2, 0.25) is 0 Å². The number of hydrogen-bond donors (Lipinski definition) is 2. The van der Waals surface area contributed by atoms with E-state index in [0.717, 1.165) is 12.1 Å². The molecule has 0 aliphatic rings. The molecule has 0 spiro atoms. The summed E-state index contributed by atoms with van der Waals surface area (Å²) < 4.78 is 0. The number of rotatable bonds is 4. The molecule has 0 aromatic carbocycles. The Morgan fingerprint density at radius 3 is 2.84 bits per heavy atom. The fourth-order valence-corrected chi connectivity index (χ4v) is 1.67. The number of hydrogen-bond acceptors (Lipinski definition) is 4. The Labute approximate surface area is 112 Å². The molecule has 0 saturated carbocycles. The summed E-state index contributed by atoms with van der Waals surface area (Å²) in [5.41, 5.74) is 2.14. The summed E-state index contributed by atoms with van der Waals surface area (Å²) in [6, 6.07) is 7.10. The van der Waals surface area contributed by atoms with Gasteiger partial charge in [0.2, 0.25) is 0 Å². The third-order valence-corrected chi connectivity index (χ3v) is 2.68. The first-order valence-electron chi connectivity index (χ1n) is 6.13. The maximum Gasteiger partial charge on any atom is 0.255 e. The SMILES string of the molecule is CCc1cc(C(=O)Nc2cccnc2)cc(NC)n1. The molecule has 0 unspecified atom stereocenters. The molecule has 0 aliphatic heterocycles. The van der Waals surface area contributed by atoms with Gasteiger partial charge in [0.05, 0.1) is 11.9 Å². The Kier molecular flexibility index (Phi) is 4.07. The first-order chi connectivity index (χ1) is 9.22. The zero-order valence-corrected chi connectivity index (χ0v) is 11.0. The highest BCUT2D eigenvalue weighted by Gasteiger charge is 2.09. The molecule has 2 N–H and O–H groups in total. The zero-order valence-electron chi connectivity index (χ0n) is 11.0. The van der Waals surface area contributed by atoms with Crippen LogP contribution in [0.3, 0.4) is 0 Å². The molecule has 5 heteroatoms. The van der Waals surface area contributed by atoms with E-state index in [1.807, 2.05) is 6.92 Å². The van der Waals surface area contributed by atoms with Crippen molar-refractivity contribution < 1.29 is 4.79 Å². The number of aryl methyl sites for hydroxylation is 1. The quantitative estimate of drug-likeness (QED) is 0.881. The molecule has 0 radical (unpaired) electrons. The van der Waals surface area contributed by atoms with E-state index in [9.17, 15) is 4.79 Å². The van der Waals surface area contributed by atoms with Crippen LogP contribution in [0, 0.1) is 0 Å². The Morgan fingerprint density at radius 2 is 2.21 bits per heavy atom. The predicted molar refractivity (Wildman–Crippen MR) is 75.4 cm³/mol. The van der Waals surface area contributed by atoms with Crippen molar-refractivity contribution in [2.75, 3.05) is 17.7 Å². The van der Waals surface area contributed by atoms with Gasteiger partial charge in [-0.25, -0.2) is 4.98 Å². The molecular weight excluding hydrogens is 240 g/mol. The lowest BCUT2D eigenvalue weighted by atomic mass is 10.1. The summed E-state index contributed by atoms with van der Waals surface area (Å²) >= 11 is 0. The summed E-state index contributed by atoms with van der Waals surface area (Å²) in [6.07, 6.45) is 4.05. The van der Waals surface area contributed by atoms with E-state index in [4.69, 9.17) is 0 Å². The second kappa shape index (κ2) is 5.95. The van der Waals surface area contributed by atoms with Gasteiger partial charge >= 0.3 is 0 Å². The van der Waals surface area contributed by atoms with Gasteiger partial charge in [0.25, 0.3) is 5.91 Å². The lowest BCUT2D eigenvalue weighted by Crippen LogP contribution is -2.13. The van der Waals surface area contributed by atoms with Crippen LogP contribution in [-0.2, 0) is 6.42 Å². The average Bonchev–Trinajstić information content (AvgIpc) is 2.47. The lowest BCUT2D eigenvalue weighted by Gasteiger charge is -2.08. The summed E-state index contributed by atoms with van der Waals surface area (Å²) in [5.74, 6) is 0.525. The minimum Gasteiger partial charge on any atom is -0.373 e. The maximum atomic E-state index is 12.2. The second-order valence-electron chi connectivity index (χ2n) is 4.03. The predicted octanol–water partition coefficient (Wildman–Crippen LogP) is 2.33. The van der Waals surface area contributed by atoms with Crippen molar-refractivity contribution in [1.82, 2.24) is 9.97 Å². The largest absolute Gasteiger partial charge is 0.373 e.